The molecule has 2 atom stereocenters. The van der Waals surface area contributed by atoms with E-state index in [0.29, 0.717) is 12.0 Å². The summed E-state index contributed by atoms with van der Waals surface area (Å²) in [6.45, 7) is 6.10. The highest BCUT2D eigenvalue weighted by molar-refractivity contribution is 5.38. The van der Waals surface area contributed by atoms with E-state index in [0.717, 1.165) is 44.1 Å². The first-order chi connectivity index (χ1) is 11.6. The molecule has 0 fully saturated rings. The number of nitrogens with zero attached hydrogens (tertiary/aromatic N) is 3. The highest BCUT2D eigenvalue weighted by atomic mass is 15.3. The Morgan fingerprint density at radius 1 is 1.33 bits per heavy atom. The molecule has 1 aliphatic rings. The molecule has 2 heterocycles. The maximum atomic E-state index is 4.56. The fraction of sp³-hybridized carbons (Fsp3) is 0.526. The lowest BCUT2D eigenvalue weighted by atomic mass is 10.0. The Labute approximate surface area is 145 Å². The molecule has 0 unspecified atom stereocenters. The van der Waals surface area contributed by atoms with Crippen LogP contribution in [-0.4, -0.2) is 54.5 Å². The van der Waals surface area contributed by atoms with Gasteiger partial charge >= 0.3 is 0 Å². The van der Waals surface area contributed by atoms with Gasteiger partial charge in [0.15, 0.2) is 0 Å². The maximum Gasteiger partial charge on any atom is 0.124 e. The number of aryl methyl sites for hydroxylation is 1. The second kappa shape index (κ2) is 7.81. The van der Waals surface area contributed by atoms with Gasteiger partial charge in [0.1, 0.15) is 5.82 Å². The first-order valence-corrected chi connectivity index (χ1v) is 8.80. The van der Waals surface area contributed by atoms with Gasteiger partial charge < -0.3 is 15.5 Å². The van der Waals surface area contributed by atoms with Crippen molar-refractivity contribution >= 4 is 5.82 Å². The summed E-state index contributed by atoms with van der Waals surface area (Å²) < 4.78 is 2.10. The number of hydrogen-bond donors (Lipinski definition) is 2. The Kier molecular flexibility index (Phi) is 5.53. The van der Waals surface area contributed by atoms with Crippen molar-refractivity contribution in [3.63, 3.8) is 0 Å². The Hall–Kier alpha value is -1.85. The summed E-state index contributed by atoms with van der Waals surface area (Å²) in [7, 11) is 4.28. The van der Waals surface area contributed by atoms with Crippen LogP contribution in [0.5, 0.6) is 0 Å². The Morgan fingerprint density at radius 3 is 2.88 bits per heavy atom. The van der Waals surface area contributed by atoms with Crippen molar-refractivity contribution in [1.29, 1.82) is 0 Å². The van der Waals surface area contributed by atoms with E-state index in [2.05, 4.69) is 75.8 Å². The largest absolute Gasteiger partial charge is 0.370 e. The molecule has 5 heteroatoms. The van der Waals surface area contributed by atoms with E-state index in [1.54, 1.807) is 0 Å². The second-order valence-corrected chi connectivity index (χ2v) is 7.16. The Morgan fingerprint density at radius 2 is 2.12 bits per heavy atom. The van der Waals surface area contributed by atoms with Crippen molar-refractivity contribution in [3.8, 4) is 0 Å². The van der Waals surface area contributed by atoms with Crippen molar-refractivity contribution in [1.82, 2.24) is 20.0 Å². The topological polar surface area (TPSA) is 45.1 Å². The molecule has 0 saturated carbocycles. The summed E-state index contributed by atoms with van der Waals surface area (Å²) in [6, 6.07) is 13.3. The number of fused-ring (bicyclic) bond motifs is 1. The summed E-state index contributed by atoms with van der Waals surface area (Å²) in [5.41, 5.74) is 2.48. The molecule has 3 rings (SSSR count). The van der Waals surface area contributed by atoms with Crippen LogP contribution < -0.4 is 10.6 Å². The number of benzene rings is 1. The third-order valence-electron chi connectivity index (χ3n) is 4.51. The average molecular weight is 327 g/mol. The first-order valence-electron chi connectivity index (χ1n) is 8.80. The number of nitrogens with one attached hydrogen (secondary N) is 2. The number of anilines is 1. The summed E-state index contributed by atoms with van der Waals surface area (Å²) >= 11 is 0. The van der Waals surface area contributed by atoms with E-state index < -0.39 is 0 Å². The molecule has 24 heavy (non-hydrogen) atoms. The first kappa shape index (κ1) is 17.0. The molecule has 130 valence electrons. The SMILES string of the molecule is Cc1cc2n(n1)C[C@H](CN[C@H](Cc1ccccc1)CN(C)C)CN2. The van der Waals surface area contributed by atoms with Gasteiger partial charge in [0.05, 0.1) is 5.69 Å². The highest BCUT2D eigenvalue weighted by Crippen LogP contribution is 2.18. The van der Waals surface area contributed by atoms with Gasteiger partial charge in [-0.2, -0.15) is 5.10 Å². The molecule has 0 aliphatic carbocycles. The second-order valence-electron chi connectivity index (χ2n) is 7.16. The molecule has 5 nitrogen and oxygen atoms in total. The van der Waals surface area contributed by atoms with E-state index in [1.807, 2.05) is 6.92 Å². The normalized spacial score (nSPS) is 18.2. The van der Waals surface area contributed by atoms with Crippen LogP contribution in [0.2, 0.25) is 0 Å². The van der Waals surface area contributed by atoms with Gasteiger partial charge in [-0.3, -0.25) is 0 Å². The number of hydrogen-bond acceptors (Lipinski definition) is 4. The van der Waals surface area contributed by atoms with E-state index in [1.165, 1.54) is 5.56 Å². The number of likely N-dealkylation sites (N-methyl/N-ethyl adjacent to an activating group) is 1. The van der Waals surface area contributed by atoms with Gasteiger partial charge in [-0.15, -0.1) is 0 Å². The smallest absolute Gasteiger partial charge is 0.124 e. The zero-order chi connectivity index (χ0) is 16.9. The van der Waals surface area contributed by atoms with Crippen LogP contribution in [0.3, 0.4) is 0 Å². The van der Waals surface area contributed by atoms with Crippen LogP contribution in [0.15, 0.2) is 36.4 Å². The standard InChI is InChI=1S/C19H29N5/c1-15-9-19-21-12-17(13-24(19)22-15)11-20-18(14-23(2)3)10-16-7-5-4-6-8-16/h4-9,17-18,20-21H,10-14H2,1-3H3/t17-,18-/m1/s1. The van der Waals surface area contributed by atoms with E-state index in [-0.39, 0.29) is 0 Å². The molecule has 0 amide bonds. The molecule has 0 bridgehead atoms. The Balaban J connectivity index is 1.55. The molecule has 0 saturated heterocycles. The molecule has 1 aromatic heterocycles. The van der Waals surface area contributed by atoms with E-state index in [9.17, 15) is 0 Å². The molecular weight excluding hydrogens is 298 g/mol. The van der Waals surface area contributed by atoms with Crippen molar-refractivity contribution < 1.29 is 0 Å². The van der Waals surface area contributed by atoms with Crippen LogP contribution in [-0.2, 0) is 13.0 Å². The molecular formula is C19H29N5. The van der Waals surface area contributed by atoms with Gasteiger partial charge in [-0.25, -0.2) is 4.68 Å². The van der Waals surface area contributed by atoms with Gasteiger partial charge in [0, 0.05) is 44.2 Å². The minimum Gasteiger partial charge on any atom is -0.370 e. The molecule has 0 spiro atoms. The average Bonchev–Trinajstić information content (AvgIpc) is 2.92. The predicted molar refractivity (Wildman–Crippen MR) is 99.4 cm³/mol. The highest BCUT2D eigenvalue weighted by Gasteiger charge is 2.20. The van der Waals surface area contributed by atoms with Gasteiger partial charge in [-0.1, -0.05) is 30.3 Å². The quantitative estimate of drug-likeness (QED) is 0.816. The maximum absolute atomic E-state index is 4.56. The minimum absolute atomic E-state index is 0.461. The fourth-order valence-electron chi connectivity index (χ4n) is 3.40. The molecule has 2 N–H and O–H groups in total. The molecule has 0 radical (unpaired) electrons. The lowest BCUT2D eigenvalue weighted by molar-refractivity contribution is 0.309. The van der Waals surface area contributed by atoms with Crippen LogP contribution in [0, 0.1) is 12.8 Å². The number of rotatable bonds is 7. The van der Waals surface area contributed by atoms with Gasteiger partial charge in [0.25, 0.3) is 0 Å². The van der Waals surface area contributed by atoms with Crippen LogP contribution >= 0.6 is 0 Å². The summed E-state index contributed by atoms with van der Waals surface area (Å²) in [4.78, 5) is 2.26. The van der Waals surface area contributed by atoms with Crippen molar-refractivity contribution in [2.24, 2.45) is 5.92 Å². The molecule has 2 aromatic rings. The summed E-state index contributed by atoms with van der Waals surface area (Å²) in [6.07, 6.45) is 1.06. The minimum atomic E-state index is 0.461. The fourth-order valence-corrected chi connectivity index (χ4v) is 3.40. The molecule has 1 aliphatic heterocycles. The molecule has 1 aromatic carbocycles. The third kappa shape index (κ3) is 4.58. The van der Waals surface area contributed by atoms with E-state index >= 15 is 0 Å². The van der Waals surface area contributed by atoms with Crippen molar-refractivity contribution in [2.45, 2.75) is 25.9 Å². The van der Waals surface area contributed by atoms with Gasteiger partial charge in [0.2, 0.25) is 0 Å². The summed E-state index contributed by atoms with van der Waals surface area (Å²) in [5, 5.41) is 11.8. The van der Waals surface area contributed by atoms with Gasteiger partial charge in [-0.05, 0) is 33.0 Å². The monoisotopic (exact) mass is 327 g/mol. The van der Waals surface area contributed by atoms with Crippen LogP contribution in [0.25, 0.3) is 0 Å². The lowest BCUT2D eigenvalue weighted by Crippen LogP contribution is -2.44. The van der Waals surface area contributed by atoms with E-state index in [4.69, 9.17) is 0 Å². The predicted octanol–water partition coefficient (Wildman–Crippen LogP) is 2.00. The Bertz CT molecular complexity index is 634. The summed E-state index contributed by atoms with van der Waals surface area (Å²) in [5.74, 6) is 1.72. The lowest BCUT2D eigenvalue weighted by Gasteiger charge is -2.28. The van der Waals surface area contributed by atoms with Crippen molar-refractivity contribution in [3.05, 3.63) is 47.7 Å². The zero-order valence-electron chi connectivity index (χ0n) is 15.0. The van der Waals surface area contributed by atoms with Crippen LogP contribution in [0.1, 0.15) is 11.3 Å². The number of aromatic nitrogens is 2. The van der Waals surface area contributed by atoms with Crippen molar-refractivity contribution in [2.75, 3.05) is 39.0 Å². The van der Waals surface area contributed by atoms with Crippen LogP contribution in [0.4, 0.5) is 5.82 Å². The third-order valence-corrected chi connectivity index (χ3v) is 4.51. The zero-order valence-corrected chi connectivity index (χ0v) is 15.0.